The number of aryl methyl sites for hydroxylation is 2. The molecule has 4 aliphatic heterocycles. The number of amides is 3. The number of likely N-dealkylation sites (N-methyl/N-ethyl adjacent to an activating group) is 1. The highest BCUT2D eigenvalue weighted by Crippen LogP contribution is 2.53. The maximum Gasteiger partial charge on any atom is 0.294 e. The molecule has 0 unspecified atom stereocenters. The van der Waals surface area contributed by atoms with E-state index in [1.54, 1.807) is 29.9 Å². The fraction of sp³-hybridized carbons (Fsp3) is 0.418. The molecular weight excluding hydrogens is 1000 g/mol. The van der Waals surface area contributed by atoms with Gasteiger partial charge in [-0.1, -0.05) is 75.2 Å². The molecule has 6 heterocycles. The lowest BCUT2D eigenvalue weighted by molar-refractivity contribution is -0.124. The highest BCUT2D eigenvalue weighted by molar-refractivity contribution is 6.45. The fourth-order valence-electron chi connectivity index (χ4n) is 11.7. The predicted octanol–water partition coefficient (Wildman–Crippen LogP) is 10.6. The Kier molecular flexibility index (Phi) is 15.1. The van der Waals surface area contributed by atoms with Crippen molar-refractivity contribution in [1.82, 2.24) is 33.6 Å². The molecule has 4 atom stereocenters. The second-order valence-corrected chi connectivity index (χ2v) is 23.2. The Hall–Kier alpha value is -5.02. The number of ketones is 1. The van der Waals surface area contributed by atoms with Gasteiger partial charge >= 0.3 is 0 Å². The van der Waals surface area contributed by atoms with E-state index in [1.165, 1.54) is 43.3 Å². The number of aromatic nitrogens is 2. The first kappa shape index (κ1) is 53.3. The van der Waals surface area contributed by atoms with Gasteiger partial charge in [0.25, 0.3) is 23.5 Å². The van der Waals surface area contributed by atoms with Gasteiger partial charge < -0.3 is 23.8 Å². The number of benzene rings is 4. The lowest BCUT2D eigenvalue weighted by Gasteiger charge is -2.30. The summed E-state index contributed by atoms with van der Waals surface area (Å²) in [5.74, 6) is -1.87. The number of likely N-dealkylation sites (tertiary alicyclic amines) is 4. The molecule has 0 spiro atoms. The molecule has 0 N–H and O–H groups in total. The van der Waals surface area contributed by atoms with E-state index in [0.717, 1.165) is 61.3 Å². The van der Waals surface area contributed by atoms with Crippen LogP contribution in [0.25, 0.3) is 21.8 Å². The zero-order valence-electron chi connectivity index (χ0n) is 42.0. The minimum Gasteiger partial charge on any atom is -0.351 e. The number of hydrogen-bond acceptors (Lipinski definition) is 6. The number of carbonyl (C=O) groups is 4. The van der Waals surface area contributed by atoms with Crippen molar-refractivity contribution in [1.29, 1.82) is 0 Å². The van der Waals surface area contributed by atoms with Crippen molar-refractivity contribution in [2.75, 3.05) is 71.8 Å². The fourth-order valence-corrected chi connectivity index (χ4v) is 12.2. The molecule has 0 radical (unpaired) electrons. The Morgan fingerprint density at radius 2 is 0.972 bits per heavy atom. The van der Waals surface area contributed by atoms with E-state index < -0.39 is 11.7 Å². The van der Waals surface area contributed by atoms with Crippen LogP contribution < -0.4 is 0 Å². The second-order valence-electron chi connectivity index (χ2n) is 21.6. The van der Waals surface area contributed by atoms with Crippen LogP contribution in [0.4, 0.5) is 8.78 Å². The topological polar surface area (TPSA) is 94.3 Å². The van der Waals surface area contributed by atoms with Crippen LogP contribution in [0.5, 0.6) is 0 Å². The van der Waals surface area contributed by atoms with Gasteiger partial charge in [-0.25, -0.2) is 8.78 Å². The average molecular weight is 1060 g/mol. The summed E-state index contributed by atoms with van der Waals surface area (Å²) in [5, 5.41) is 2.57. The van der Waals surface area contributed by atoms with Crippen molar-refractivity contribution in [3.63, 3.8) is 0 Å². The number of alkyl halides is 2. The van der Waals surface area contributed by atoms with E-state index in [-0.39, 0.29) is 56.0 Å². The van der Waals surface area contributed by atoms with Crippen LogP contribution >= 0.6 is 46.4 Å². The van der Waals surface area contributed by atoms with Crippen LogP contribution in [0, 0.1) is 33.3 Å². The summed E-state index contributed by atoms with van der Waals surface area (Å²) in [4.78, 5) is 62.3. The second kappa shape index (κ2) is 20.4. The SMILES string of the molecule is CN(C)C(=O)C(=O)c1cn(C)c2cc(Cl)c(C(=O)N3C[C@]4(C)CN(Cc5ccc(F)cc5)C[C@]4(C)C3)cc12.ClCCl.Cn1ccc2cc(C(=O)N3C[C@]4(C)CN(Cc5ccc(F)cc5)C[C@]4(C)C3)c(Cl)cc21. The minimum atomic E-state index is -0.627. The maximum atomic E-state index is 13.8. The molecule has 0 aliphatic carbocycles. The highest BCUT2D eigenvalue weighted by atomic mass is 35.5. The van der Waals surface area contributed by atoms with Crippen molar-refractivity contribution in [3.8, 4) is 0 Å². The molecular formula is C55H61Cl4F2N7O4. The van der Waals surface area contributed by atoms with E-state index in [0.29, 0.717) is 58.3 Å². The summed E-state index contributed by atoms with van der Waals surface area (Å²) in [6, 6.07) is 22.5. The third-order valence-corrected chi connectivity index (χ3v) is 16.6. The van der Waals surface area contributed by atoms with Crippen molar-refractivity contribution in [2.45, 2.75) is 40.8 Å². The smallest absolute Gasteiger partial charge is 0.294 e. The van der Waals surface area contributed by atoms with Gasteiger partial charge in [-0.15, -0.1) is 23.2 Å². The Balaban J connectivity index is 0.000000186. The van der Waals surface area contributed by atoms with Gasteiger partial charge in [0.05, 0.1) is 37.6 Å². The first-order valence-corrected chi connectivity index (χ1v) is 25.7. The lowest BCUT2D eigenvalue weighted by atomic mass is 9.71. The van der Waals surface area contributed by atoms with Crippen LogP contribution in [0.3, 0.4) is 0 Å². The molecule has 2 aromatic heterocycles. The van der Waals surface area contributed by atoms with E-state index >= 15 is 0 Å². The summed E-state index contributed by atoms with van der Waals surface area (Å²) in [7, 11) is 6.81. The van der Waals surface area contributed by atoms with Gasteiger partial charge in [0.15, 0.2) is 0 Å². The zero-order chi connectivity index (χ0) is 52.2. The van der Waals surface area contributed by atoms with E-state index in [1.807, 2.05) is 70.1 Å². The minimum absolute atomic E-state index is 0.00597. The molecule has 4 saturated heterocycles. The first-order chi connectivity index (χ1) is 33.9. The maximum absolute atomic E-state index is 13.8. The Bertz CT molecular complexity index is 3030. The third kappa shape index (κ3) is 10.1. The van der Waals surface area contributed by atoms with Crippen LogP contribution in [-0.4, -0.2) is 129 Å². The van der Waals surface area contributed by atoms with Crippen LogP contribution in [0.1, 0.15) is 69.9 Å². The number of Topliss-reactive ketones (excluding diaryl/α,β-unsaturated/α-hetero) is 1. The molecule has 17 heteroatoms. The number of rotatable bonds is 8. The number of fused-ring (bicyclic) bond motifs is 4. The van der Waals surface area contributed by atoms with E-state index in [4.69, 9.17) is 46.4 Å². The predicted molar refractivity (Wildman–Crippen MR) is 283 cm³/mol. The van der Waals surface area contributed by atoms with Crippen LogP contribution in [-0.2, 0) is 32.0 Å². The molecule has 0 saturated carbocycles. The van der Waals surface area contributed by atoms with Crippen LogP contribution in [0.15, 0.2) is 91.3 Å². The van der Waals surface area contributed by atoms with Gasteiger partial charge in [-0.05, 0) is 65.7 Å². The standard InChI is InChI=1S/C29H32ClFN4O3.C25H27ClFN3O.CH2Cl2/c1-28-14-34(12-18-6-8-19(31)9-7-18)15-29(28,2)17-35(16-28)26(37)21-10-20-22(25(36)27(38)32(3)4)13-33(5)24(20)11-23(21)30;1-24-13-29(12-17-4-6-19(27)7-5-17)14-25(24,2)16-30(15-24)23(31)20-10-18-8-9-28(3)22(18)11-21(20)26;2-1-3/h6-11,13H,12,14-17H2,1-5H3;4-11H,12-16H2,1-3H3;1H2/t28-,29+;24-,25+;. The van der Waals surface area contributed by atoms with Crippen molar-refractivity contribution in [3.05, 3.63) is 141 Å². The Morgan fingerprint density at radius 1 is 0.569 bits per heavy atom. The Morgan fingerprint density at radius 3 is 1.39 bits per heavy atom. The van der Waals surface area contributed by atoms with Crippen LogP contribution in [0.2, 0.25) is 10.0 Å². The number of hydrogen-bond donors (Lipinski definition) is 0. The highest BCUT2D eigenvalue weighted by Gasteiger charge is 2.59. The zero-order valence-corrected chi connectivity index (χ0v) is 45.0. The molecule has 11 nitrogen and oxygen atoms in total. The summed E-state index contributed by atoms with van der Waals surface area (Å²) in [5.41, 5.74) is 4.81. The number of carbonyl (C=O) groups excluding carboxylic acids is 4. The molecule has 3 amide bonds. The van der Waals surface area contributed by atoms with Crippen molar-refractivity contribution < 1.29 is 28.0 Å². The molecule has 0 bridgehead atoms. The summed E-state index contributed by atoms with van der Waals surface area (Å²) in [6.45, 7) is 16.6. The molecule has 4 aliphatic rings. The van der Waals surface area contributed by atoms with Crippen molar-refractivity contribution >= 4 is 91.7 Å². The van der Waals surface area contributed by atoms with Crippen molar-refractivity contribution in [2.24, 2.45) is 35.8 Å². The first-order valence-electron chi connectivity index (χ1n) is 23.8. The quantitative estimate of drug-likeness (QED) is 0.0856. The molecule has 4 aromatic carbocycles. The van der Waals surface area contributed by atoms with E-state index in [9.17, 15) is 28.0 Å². The van der Waals surface area contributed by atoms with Gasteiger partial charge in [-0.2, -0.15) is 0 Å². The normalized spacial score (nSPS) is 23.7. The summed E-state index contributed by atoms with van der Waals surface area (Å²) in [6.07, 6.45) is 3.59. The van der Waals surface area contributed by atoms with Gasteiger partial charge in [0, 0.05) is 144 Å². The molecule has 6 aromatic rings. The van der Waals surface area contributed by atoms with E-state index in [2.05, 4.69) is 37.5 Å². The third-order valence-electron chi connectivity index (χ3n) is 15.9. The molecule has 4 fully saturated rings. The molecule has 72 heavy (non-hydrogen) atoms. The Labute approximate surface area is 440 Å². The number of halogens is 6. The monoisotopic (exact) mass is 1060 g/mol. The lowest BCUT2D eigenvalue weighted by Crippen LogP contribution is -2.35. The summed E-state index contributed by atoms with van der Waals surface area (Å²) >= 11 is 22.7. The largest absolute Gasteiger partial charge is 0.351 e. The van der Waals surface area contributed by atoms with Gasteiger partial charge in [0.2, 0.25) is 0 Å². The van der Waals surface area contributed by atoms with Gasteiger partial charge in [-0.3, -0.25) is 29.0 Å². The number of nitrogens with zero attached hydrogens (tertiary/aromatic N) is 7. The summed E-state index contributed by atoms with van der Waals surface area (Å²) < 4.78 is 30.3. The molecule has 10 rings (SSSR count). The van der Waals surface area contributed by atoms with Gasteiger partial charge in [0.1, 0.15) is 11.6 Å². The average Bonchev–Trinajstić information content (AvgIpc) is 4.10. The molecule has 382 valence electrons.